The van der Waals surface area contributed by atoms with E-state index in [9.17, 15) is 9.59 Å². The Labute approximate surface area is 210 Å². The normalized spacial score (nSPS) is 18.5. The van der Waals surface area contributed by atoms with Crippen LogP contribution in [0.1, 0.15) is 47.3 Å². The van der Waals surface area contributed by atoms with E-state index in [1.165, 1.54) is 29.5 Å². The van der Waals surface area contributed by atoms with E-state index in [-0.39, 0.29) is 11.9 Å². The molecule has 0 bridgehead atoms. The van der Waals surface area contributed by atoms with Crippen molar-refractivity contribution < 1.29 is 14.3 Å². The zero-order valence-corrected chi connectivity index (χ0v) is 20.8. The fourth-order valence-corrected chi connectivity index (χ4v) is 7.00. The van der Waals surface area contributed by atoms with Gasteiger partial charge in [-0.15, -0.1) is 11.3 Å². The highest BCUT2D eigenvalue weighted by Crippen LogP contribution is 2.38. The van der Waals surface area contributed by atoms with E-state index in [0.29, 0.717) is 24.9 Å². The van der Waals surface area contributed by atoms with Crippen LogP contribution in [0.5, 0.6) is 5.75 Å². The van der Waals surface area contributed by atoms with E-state index >= 15 is 0 Å². The van der Waals surface area contributed by atoms with Gasteiger partial charge in [-0.3, -0.25) is 9.69 Å². The maximum atomic E-state index is 13.0. The minimum absolute atomic E-state index is 0.00759. The molecule has 1 saturated carbocycles. The number of thiophene rings is 1. The summed E-state index contributed by atoms with van der Waals surface area (Å²) in [6.45, 7) is 0. The molecule has 1 aromatic heterocycles. The van der Waals surface area contributed by atoms with Gasteiger partial charge in [-0.25, -0.2) is 4.79 Å². The number of esters is 1. The van der Waals surface area contributed by atoms with Gasteiger partial charge in [0.05, 0.1) is 9.93 Å². The topological polar surface area (TPSA) is 46.6 Å². The van der Waals surface area contributed by atoms with Gasteiger partial charge in [-0.2, -0.15) is 0 Å². The summed E-state index contributed by atoms with van der Waals surface area (Å²) in [6.07, 6.45) is 7.40. The van der Waals surface area contributed by atoms with Crippen LogP contribution in [0.3, 0.4) is 0 Å². The first-order valence-electron chi connectivity index (χ1n) is 10.8. The molecule has 0 atom stereocenters. The van der Waals surface area contributed by atoms with E-state index in [0.717, 1.165) is 41.3 Å². The average Bonchev–Trinajstić information content (AvgIpc) is 3.31. The molecular formula is C25H20ClNO3S3. The number of ether oxygens (including phenoxy) is 1. The van der Waals surface area contributed by atoms with Crippen molar-refractivity contribution in [1.29, 1.82) is 0 Å². The number of hydrogen-bond donors (Lipinski definition) is 0. The van der Waals surface area contributed by atoms with E-state index < -0.39 is 5.97 Å². The lowest BCUT2D eigenvalue weighted by Gasteiger charge is -2.29. The van der Waals surface area contributed by atoms with Crippen LogP contribution in [0, 0.1) is 0 Å². The van der Waals surface area contributed by atoms with Gasteiger partial charge in [0.2, 0.25) is 0 Å². The van der Waals surface area contributed by atoms with E-state index in [4.69, 9.17) is 28.6 Å². The second-order valence-corrected chi connectivity index (χ2v) is 11.1. The molecule has 1 amide bonds. The second kappa shape index (κ2) is 9.58. The number of thioether (sulfide) groups is 1. The number of thiocarbonyl (C=S) groups is 1. The van der Waals surface area contributed by atoms with E-state index in [1.807, 2.05) is 42.5 Å². The standard InChI is InChI=1S/C25H20ClNO3S3/c26-21-18-8-4-5-9-19(18)32-22(21)24(29)30-17-12-10-15(11-13-17)14-20-23(28)27(25(31)33-20)16-6-2-1-3-7-16/h4-5,8-14,16H,1-3,6-7H2. The number of fused-ring (bicyclic) bond motifs is 1. The molecule has 0 unspecified atom stereocenters. The molecule has 33 heavy (non-hydrogen) atoms. The first kappa shape index (κ1) is 22.6. The Hall–Kier alpha value is -2.19. The highest BCUT2D eigenvalue weighted by molar-refractivity contribution is 8.26. The molecule has 5 rings (SSSR count). The number of benzene rings is 2. The lowest BCUT2D eigenvalue weighted by atomic mass is 9.94. The third-order valence-corrected chi connectivity index (χ3v) is 8.86. The molecule has 2 heterocycles. The van der Waals surface area contributed by atoms with Gasteiger partial charge in [0.25, 0.3) is 5.91 Å². The number of nitrogens with zero attached hydrogens (tertiary/aromatic N) is 1. The molecule has 2 aliphatic rings. The van der Waals surface area contributed by atoms with E-state index in [1.54, 1.807) is 17.0 Å². The Bertz CT molecular complexity index is 1280. The van der Waals surface area contributed by atoms with Gasteiger partial charge >= 0.3 is 5.97 Å². The maximum absolute atomic E-state index is 13.0. The van der Waals surface area contributed by atoms with Crippen molar-refractivity contribution in [2.24, 2.45) is 0 Å². The van der Waals surface area contributed by atoms with E-state index in [2.05, 4.69) is 0 Å². The molecule has 0 spiro atoms. The number of carbonyl (C=O) groups is 2. The number of carbonyl (C=O) groups excluding carboxylic acids is 2. The second-order valence-electron chi connectivity index (χ2n) is 8.04. The van der Waals surface area contributed by atoms with Gasteiger partial charge in [-0.1, -0.05) is 85.2 Å². The van der Waals surface area contributed by atoms with Crippen molar-refractivity contribution in [3.05, 3.63) is 68.9 Å². The Morgan fingerprint density at radius 2 is 1.82 bits per heavy atom. The summed E-state index contributed by atoms with van der Waals surface area (Å²) in [7, 11) is 0. The van der Waals surface area contributed by atoms with Crippen LogP contribution in [0.4, 0.5) is 0 Å². The Balaban J connectivity index is 1.29. The SMILES string of the molecule is O=C(Oc1ccc(C=C2SC(=S)N(C3CCCCC3)C2=O)cc1)c1sc2ccccc2c1Cl. The minimum Gasteiger partial charge on any atom is -0.422 e. The van der Waals surface area contributed by atoms with Crippen molar-refractivity contribution in [2.45, 2.75) is 38.1 Å². The lowest BCUT2D eigenvalue weighted by Crippen LogP contribution is -2.39. The van der Waals surface area contributed by atoms with Crippen LogP contribution >= 0.6 is 46.9 Å². The molecule has 0 N–H and O–H groups in total. The van der Waals surface area contributed by atoms with Gasteiger partial charge in [0.15, 0.2) is 0 Å². The molecule has 2 aromatic carbocycles. The van der Waals surface area contributed by atoms with Gasteiger partial charge in [-0.05, 0) is 42.7 Å². The quantitative estimate of drug-likeness (QED) is 0.158. The van der Waals surface area contributed by atoms with Crippen LogP contribution < -0.4 is 4.74 Å². The van der Waals surface area contributed by atoms with Crippen LogP contribution in [-0.4, -0.2) is 27.1 Å². The summed E-state index contributed by atoms with van der Waals surface area (Å²) in [4.78, 5) is 28.4. The average molecular weight is 514 g/mol. The van der Waals surface area contributed by atoms with Gasteiger partial charge in [0.1, 0.15) is 14.9 Å². The summed E-state index contributed by atoms with van der Waals surface area (Å²) in [6, 6.07) is 14.9. The summed E-state index contributed by atoms with van der Waals surface area (Å²) in [5.41, 5.74) is 0.846. The molecule has 168 valence electrons. The Kier molecular flexibility index (Phi) is 6.56. The zero-order chi connectivity index (χ0) is 22.9. The molecule has 2 fully saturated rings. The van der Waals surface area contributed by atoms with Crippen molar-refractivity contribution in [2.75, 3.05) is 0 Å². The van der Waals surface area contributed by atoms with Crippen LogP contribution in [-0.2, 0) is 4.79 Å². The smallest absolute Gasteiger partial charge is 0.355 e. The highest BCUT2D eigenvalue weighted by Gasteiger charge is 2.37. The minimum atomic E-state index is -0.484. The van der Waals surface area contributed by atoms with Crippen LogP contribution in [0.2, 0.25) is 5.02 Å². The van der Waals surface area contributed by atoms with Crippen molar-refractivity contribution >= 4 is 79.3 Å². The van der Waals surface area contributed by atoms with Crippen molar-refractivity contribution in [3.8, 4) is 5.75 Å². The number of halogens is 1. The summed E-state index contributed by atoms with van der Waals surface area (Å²) in [5.74, 6) is -0.0745. The van der Waals surface area contributed by atoms with Crippen LogP contribution in [0.15, 0.2) is 53.4 Å². The Morgan fingerprint density at radius 1 is 1.09 bits per heavy atom. The van der Waals surface area contributed by atoms with Crippen molar-refractivity contribution in [3.63, 3.8) is 0 Å². The summed E-state index contributed by atoms with van der Waals surface area (Å²) in [5, 5.41) is 1.26. The molecule has 8 heteroatoms. The fraction of sp³-hybridized carbons (Fsp3) is 0.240. The zero-order valence-electron chi connectivity index (χ0n) is 17.6. The Morgan fingerprint density at radius 3 is 2.55 bits per heavy atom. The molecule has 1 aliphatic carbocycles. The summed E-state index contributed by atoms with van der Waals surface area (Å²) < 4.78 is 7.12. The highest BCUT2D eigenvalue weighted by atomic mass is 35.5. The molecule has 1 saturated heterocycles. The van der Waals surface area contributed by atoms with Crippen LogP contribution in [0.25, 0.3) is 16.2 Å². The third-order valence-electron chi connectivity index (χ3n) is 5.87. The number of rotatable bonds is 4. The monoisotopic (exact) mass is 513 g/mol. The fourth-order valence-electron chi connectivity index (χ4n) is 4.22. The molecular weight excluding hydrogens is 494 g/mol. The largest absolute Gasteiger partial charge is 0.422 e. The predicted molar refractivity (Wildman–Crippen MR) is 140 cm³/mol. The first-order valence-corrected chi connectivity index (χ1v) is 13.2. The third kappa shape index (κ3) is 4.60. The molecule has 3 aromatic rings. The molecule has 0 radical (unpaired) electrons. The van der Waals surface area contributed by atoms with Gasteiger partial charge < -0.3 is 4.74 Å². The summed E-state index contributed by atoms with van der Waals surface area (Å²) >= 11 is 14.6. The van der Waals surface area contributed by atoms with Gasteiger partial charge in [0, 0.05) is 16.1 Å². The number of hydrogen-bond acceptors (Lipinski definition) is 6. The number of amides is 1. The predicted octanol–water partition coefficient (Wildman–Crippen LogP) is 7.31. The lowest BCUT2D eigenvalue weighted by molar-refractivity contribution is -0.124. The molecule has 1 aliphatic heterocycles. The first-order chi connectivity index (χ1) is 16.0. The maximum Gasteiger partial charge on any atom is 0.355 e. The molecule has 4 nitrogen and oxygen atoms in total. The van der Waals surface area contributed by atoms with Crippen molar-refractivity contribution in [1.82, 2.24) is 4.90 Å².